The molecule has 0 fully saturated rings. The Bertz CT molecular complexity index is 11800. The van der Waals surface area contributed by atoms with Crippen molar-refractivity contribution in [2.45, 2.75) is 0 Å². The molecule has 27 aromatic carbocycles. The normalized spacial score (nSPS) is 14.2. The molecule has 0 saturated carbocycles. The minimum Gasteiger partial charge on any atom is -0.456 e. The van der Waals surface area contributed by atoms with Crippen molar-refractivity contribution in [2.75, 3.05) is 0 Å². The topological polar surface area (TPSA) is 39.4 Å². The van der Waals surface area contributed by atoms with E-state index >= 15 is 0 Å². The number of benzene rings is 27. The molecular weight excluding hydrogens is 1710 g/mol. The molecule has 0 aliphatic heterocycles. The number of furan rings is 3. The molecule has 0 saturated heterocycles. The Morgan fingerprint density at radius 2 is 0.362 bits per heavy atom. The van der Waals surface area contributed by atoms with E-state index in [-0.39, 0.29) is 137 Å². The van der Waals surface area contributed by atoms with Crippen molar-refractivity contribution < 1.29 is 46.1 Å². The summed E-state index contributed by atoms with van der Waals surface area (Å²) in [6.07, 6.45) is 0. The molecule has 654 valence electrons. The SMILES string of the molecule is [2H]c1c([2H])c([2H])c2c(-c3ccc(-c4cccc5ccccc45)c4ccccc34)c3c([2H])c([2H])c([2H])c([2H])c3c(-c3ccc4oc5ccc6ccccc6c5c4c3)c2c1[2H].[2H]c1c([2H])c([2H])c2c(-c3ccc(-c4ccccc4)c4ccccc34)c3c([2H])c([2H])c([2H])c([2H])c3c(-c3ccc4oc5ccc6ccccc6c5c4c3)c2c1[2H].[2H]c1c([2H])c([2H])c2c(-c3ccccc3-c3ccccc3)c3c([2H])c([2H])c([2H])c([2H])c3c(-c3ccc4oc5ccc6ccccc6c5c4c3)c2c1[2H]. The zero-order valence-corrected chi connectivity index (χ0v) is 74.9. The maximum Gasteiger partial charge on any atom is 0.136 e. The van der Waals surface area contributed by atoms with Gasteiger partial charge >= 0.3 is 0 Å². The van der Waals surface area contributed by atoms with E-state index in [9.17, 15) is 16.4 Å². The molecule has 0 aliphatic carbocycles. The first-order chi connectivity index (χ1) is 80.0. The molecule has 3 aromatic heterocycles. The summed E-state index contributed by atoms with van der Waals surface area (Å²) in [6, 6.07) is 108. The van der Waals surface area contributed by atoms with Gasteiger partial charge in [0.1, 0.15) is 33.5 Å². The van der Waals surface area contributed by atoms with Crippen LogP contribution in [0.3, 0.4) is 0 Å². The molecule has 0 N–H and O–H groups in total. The lowest BCUT2D eigenvalue weighted by molar-refractivity contribution is 0.669. The summed E-state index contributed by atoms with van der Waals surface area (Å²) < 4.78 is 239. The van der Waals surface area contributed by atoms with Crippen LogP contribution in [-0.4, -0.2) is 0 Å². The Labute approximate surface area is 845 Å². The average Bonchev–Trinajstić information content (AvgIpc) is 1.61. The van der Waals surface area contributed by atoms with Crippen LogP contribution in [0.1, 0.15) is 32.9 Å². The van der Waals surface area contributed by atoms with Gasteiger partial charge in [-0.2, -0.15) is 0 Å². The molecule has 3 nitrogen and oxygen atoms in total. The van der Waals surface area contributed by atoms with Gasteiger partial charge < -0.3 is 13.3 Å². The van der Waals surface area contributed by atoms with Crippen molar-refractivity contribution in [2.24, 2.45) is 0 Å². The molecule has 0 amide bonds. The van der Waals surface area contributed by atoms with Crippen molar-refractivity contribution in [1.82, 2.24) is 0 Å². The lowest BCUT2D eigenvalue weighted by atomic mass is 9.83. The number of hydrogen-bond donors (Lipinski definition) is 0. The van der Waals surface area contributed by atoms with Crippen LogP contribution in [0.4, 0.5) is 0 Å². The third kappa shape index (κ3) is 13.2. The van der Waals surface area contributed by atoms with E-state index < -0.39 is 72.5 Å². The zero-order valence-electron chi connectivity index (χ0n) is 98.9. The standard InChI is InChI=1S/C50H30O.C46H28O.C42H26O/c1-3-15-34-31(12-1)14-11-23-36(34)39-26-27-44(38-18-6-5-17-37(38)39)49-42-21-9-7-19-40(42)48(41-20-8-10-22-43(41)49)33-25-28-46-45(30-33)50-35-16-4-2-13-32(35)24-29-47(50)51-46;1-2-12-29(13-3-1)32-24-25-40(35-17-7-6-16-34(32)35)45-38-20-10-8-18-36(38)44(37-19-9-11-21-39(37)45)31-23-26-42-41(28-31)46-33-15-5-4-14-30(33)22-27-43(46)47-42;1-2-12-27(13-3-1)30-15-6-7-17-32(30)41-35-20-10-8-18-33(35)40(34-19-9-11-21-36(34)41)29-23-24-38-37(26-29)42-31-16-5-4-14-28(31)22-25-39(42)43-38/h1-30H;1-28H;1-26H/i7D,8D,9D,10D,19D,20D,21D,22D;2*8D,9D,10D,11D,18D,19D,20D,21D. The Morgan fingerprint density at radius 1 is 0.128 bits per heavy atom. The van der Waals surface area contributed by atoms with Gasteiger partial charge in [-0.15, -0.1) is 0 Å². The largest absolute Gasteiger partial charge is 0.456 e. The van der Waals surface area contributed by atoms with Crippen LogP contribution in [0.2, 0.25) is 0 Å². The van der Waals surface area contributed by atoms with E-state index in [4.69, 9.17) is 29.7 Å². The van der Waals surface area contributed by atoms with E-state index in [0.717, 1.165) is 130 Å². The van der Waals surface area contributed by atoms with E-state index in [1.165, 1.54) is 0 Å². The van der Waals surface area contributed by atoms with Crippen molar-refractivity contribution >= 4 is 195 Å². The predicted octanol–water partition coefficient (Wildman–Crippen LogP) is 39.6. The quantitative estimate of drug-likeness (QED) is 0.135. The van der Waals surface area contributed by atoms with Crippen molar-refractivity contribution in [1.29, 1.82) is 0 Å². The fourth-order valence-corrected chi connectivity index (χ4v) is 21.8. The summed E-state index contributed by atoms with van der Waals surface area (Å²) in [6.45, 7) is 0. The molecule has 0 bridgehead atoms. The molecule has 0 radical (unpaired) electrons. The number of hydrogen-bond acceptors (Lipinski definition) is 3. The van der Waals surface area contributed by atoms with Crippen LogP contribution < -0.4 is 0 Å². The van der Waals surface area contributed by atoms with Gasteiger partial charge in [0, 0.05) is 32.3 Å². The van der Waals surface area contributed by atoms with Gasteiger partial charge in [-0.25, -0.2) is 0 Å². The first-order valence-electron chi connectivity index (χ1n) is 58.6. The van der Waals surface area contributed by atoms with Gasteiger partial charge in [0.25, 0.3) is 0 Å². The summed E-state index contributed by atoms with van der Waals surface area (Å²) in [4.78, 5) is 0. The van der Waals surface area contributed by atoms with Crippen molar-refractivity contribution in [3.63, 3.8) is 0 Å². The fraction of sp³-hybridized carbons (Fsp3) is 0. The zero-order chi connectivity index (χ0) is 114. The van der Waals surface area contributed by atoms with Crippen LogP contribution in [-0.2, 0) is 0 Å². The molecule has 141 heavy (non-hydrogen) atoms. The monoisotopic (exact) mass is 1810 g/mol. The molecule has 0 spiro atoms. The first-order valence-corrected chi connectivity index (χ1v) is 46.6. The minimum atomic E-state index is -0.438. The summed E-state index contributed by atoms with van der Waals surface area (Å²) in [5.74, 6) is 0. The van der Waals surface area contributed by atoms with Crippen LogP contribution >= 0.6 is 0 Å². The second-order valence-electron chi connectivity index (χ2n) is 35.4. The second-order valence-corrected chi connectivity index (χ2v) is 35.4. The molecule has 0 aliphatic rings. The second kappa shape index (κ2) is 33.2. The Hall–Kier alpha value is -18.5. The van der Waals surface area contributed by atoms with Crippen LogP contribution in [0, 0.1) is 0 Å². The van der Waals surface area contributed by atoms with Crippen LogP contribution in [0.15, 0.2) is 522 Å². The third-order valence-corrected chi connectivity index (χ3v) is 27.9. The lowest BCUT2D eigenvalue weighted by Crippen LogP contribution is -1.92. The molecule has 0 atom stereocenters. The van der Waals surface area contributed by atoms with E-state index in [1.54, 1.807) is 18.2 Å². The van der Waals surface area contributed by atoms with Gasteiger partial charge in [0.05, 0.1) is 32.9 Å². The molecule has 3 heterocycles. The van der Waals surface area contributed by atoms with Gasteiger partial charge in [-0.1, -0.05) is 454 Å². The van der Waals surface area contributed by atoms with E-state index in [0.29, 0.717) is 100 Å². The summed E-state index contributed by atoms with van der Waals surface area (Å²) in [5, 5.41) is 18.6. The number of fused-ring (bicyclic) bond motifs is 24. The maximum atomic E-state index is 9.55. The van der Waals surface area contributed by atoms with Gasteiger partial charge in [0.2, 0.25) is 0 Å². The van der Waals surface area contributed by atoms with E-state index in [2.05, 4.69) is 24.3 Å². The Morgan fingerprint density at radius 3 is 0.723 bits per heavy atom. The Kier molecular flexibility index (Phi) is 14.1. The smallest absolute Gasteiger partial charge is 0.136 e. The summed E-state index contributed by atoms with van der Waals surface area (Å²) in [7, 11) is 0. The van der Waals surface area contributed by atoms with Crippen molar-refractivity contribution in [3.05, 3.63) is 509 Å². The van der Waals surface area contributed by atoms with Gasteiger partial charge in [0.15, 0.2) is 0 Å². The minimum absolute atomic E-state index is 0.169. The molecule has 3 heteroatoms. The van der Waals surface area contributed by atoms with Gasteiger partial charge in [-0.05, 0) is 284 Å². The molecule has 30 aromatic rings. The molecule has 0 unspecified atom stereocenters. The summed E-state index contributed by atoms with van der Waals surface area (Å²) in [5.41, 5.74) is 14.7. The van der Waals surface area contributed by atoms with Crippen LogP contribution in [0.5, 0.6) is 0 Å². The van der Waals surface area contributed by atoms with E-state index in [1.807, 2.05) is 322 Å². The number of rotatable bonds is 9. The highest BCUT2D eigenvalue weighted by Gasteiger charge is 2.27. The van der Waals surface area contributed by atoms with Gasteiger partial charge in [-0.3, -0.25) is 0 Å². The maximum absolute atomic E-state index is 9.55. The average molecular weight is 1810 g/mol. The molecular formula is C138H84O3. The highest BCUT2D eigenvalue weighted by atomic mass is 16.3. The van der Waals surface area contributed by atoms with Crippen LogP contribution in [0.25, 0.3) is 295 Å². The fourth-order valence-electron chi connectivity index (χ4n) is 21.8. The third-order valence-electron chi connectivity index (χ3n) is 27.9. The highest BCUT2D eigenvalue weighted by molar-refractivity contribution is 6.31. The highest BCUT2D eigenvalue weighted by Crippen LogP contribution is 2.54. The molecule has 30 rings (SSSR count). The Balaban J connectivity index is 0.000000116. The lowest BCUT2D eigenvalue weighted by Gasteiger charge is -2.20. The summed E-state index contributed by atoms with van der Waals surface area (Å²) >= 11 is 0. The predicted molar refractivity (Wildman–Crippen MR) is 600 cm³/mol. The van der Waals surface area contributed by atoms with Crippen molar-refractivity contribution in [3.8, 4) is 100 Å². The first kappa shape index (κ1) is 60.0.